The first kappa shape index (κ1) is 13.8. The molecule has 1 saturated carbocycles. The largest absolute Gasteiger partial charge is 0.352 e. The number of rotatable bonds is 3. The molecule has 0 aromatic carbocycles. The molecule has 2 unspecified atom stereocenters. The fraction of sp³-hybridized carbons (Fsp3) is 0.929. The first-order chi connectivity index (χ1) is 8.66. The van der Waals surface area contributed by atoms with Crippen molar-refractivity contribution in [2.75, 3.05) is 26.2 Å². The van der Waals surface area contributed by atoms with Crippen LogP contribution in [0, 0.1) is 5.92 Å². The molecular formula is C14H27N3O. The van der Waals surface area contributed by atoms with Gasteiger partial charge in [-0.1, -0.05) is 19.8 Å². The van der Waals surface area contributed by atoms with E-state index in [1.165, 1.54) is 19.3 Å². The highest BCUT2D eigenvalue weighted by atomic mass is 16.2. The number of nitrogens with one attached hydrogen (secondary N) is 2. The van der Waals surface area contributed by atoms with Gasteiger partial charge >= 0.3 is 0 Å². The molecule has 1 heterocycles. The quantitative estimate of drug-likeness (QED) is 0.788. The minimum atomic E-state index is 0.211. The topological polar surface area (TPSA) is 44.4 Å². The number of amides is 1. The van der Waals surface area contributed by atoms with E-state index in [0.717, 1.165) is 26.1 Å². The predicted molar refractivity (Wildman–Crippen MR) is 73.5 cm³/mol. The van der Waals surface area contributed by atoms with Crippen molar-refractivity contribution in [1.82, 2.24) is 15.5 Å². The van der Waals surface area contributed by atoms with Crippen LogP contribution in [0.5, 0.6) is 0 Å². The van der Waals surface area contributed by atoms with E-state index >= 15 is 0 Å². The summed E-state index contributed by atoms with van der Waals surface area (Å²) in [6, 6.07) is 0.873. The maximum atomic E-state index is 12.1. The first-order valence-corrected chi connectivity index (χ1v) is 7.41. The van der Waals surface area contributed by atoms with E-state index in [9.17, 15) is 4.79 Å². The van der Waals surface area contributed by atoms with Gasteiger partial charge in [-0.2, -0.15) is 0 Å². The highest BCUT2D eigenvalue weighted by molar-refractivity contribution is 5.78. The molecule has 2 rings (SSSR count). The van der Waals surface area contributed by atoms with Crippen molar-refractivity contribution in [3.05, 3.63) is 0 Å². The molecular weight excluding hydrogens is 226 g/mol. The zero-order chi connectivity index (χ0) is 13.0. The van der Waals surface area contributed by atoms with E-state index in [4.69, 9.17) is 0 Å². The number of carbonyl (C=O) groups is 1. The summed E-state index contributed by atoms with van der Waals surface area (Å²) in [4.78, 5) is 14.4. The molecule has 4 heteroatoms. The van der Waals surface area contributed by atoms with Crippen LogP contribution in [0.25, 0.3) is 0 Å². The van der Waals surface area contributed by atoms with Gasteiger partial charge in [-0.05, 0) is 25.7 Å². The molecule has 1 aliphatic carbocycles. The summed E-state index contributed by atoms with van der Waals surface area (Å²) in [7, 11) is 0. The third-order valence-electron chi connectivity index (χ3n) is 4.44. The molecule has 4 nitrogen and oxygen atoms in total. The van der Waals surface area contributed by atoms with Crippen LogP contribution in [0.4, 0.5) is 0 Å². The molecule has 0 aromatic rings. The lowest BCUT2D eigenvalue weighted by molar-refractivity contribution is -0.124. The van der Waals surface area contributed by atoms with E-state index < -0.39 is 0 Å². The van der Waals surface area contributed by atoms with Gasteiger partial charge in [0.15, 0.2) is 0 Å². The Morgan fingerprint density at radius 2 is 2.11 bits per heavy atom. The van der Waals surface area contributed by atoms with Crippen molar-refractivity contribution in [3.63, 3.8) is 0 Å². The Morgan fingerprint density at radius 1 is 1.33 bits per heavy atom. The molecule has 18 heavy (non-hydrogen) atoms. The Morgan fingerprint density at radius 3 is 2.83 bits per heavy atom. The van der Waals surface area contributed by atoms with Crippen molar-refractivity contribution in [2.24, 2.45) is 5.92 Å². The average molecular weight is 253 g/mol. The van der Waals surface area contributed by atoms with Crippen LogP contribution >= 0.6 is 0 Å². The highest BCUT2D eigenvalue weighted by Gasteiger charge is 2.25. The molecule has 1 amide bonds. The summed E-state index contributed by atoms with van der Waals surface area (Å²) < 4.78 is 0. The average Bonchev–Trinajstić information content (AvgIpc) is 2.35. The molecule has 104 valence electrons. The van der Waals surface area contributed by atoms with Crippen molar-refractivity contribution >= 4 is 5.91 Å². The van der Waals surface area contributed by atoms with Crippen LogP contribution < -0.4 is 10.6 Å². The lowest BCUT2D eigenvalue weighted by Crippen LogP contribution is -2.54. The normalized spacial score (nSPS) is 34.2. The SMILES string of the molecule is CC1CCCCC1NC(=O)CN1CCNC[C@H]1C. The number of nitrogens with zero attached hydrogens (tertiary/aromatic N) is 1. The van der Waals surface area contributed by atoms with Crippen LogP contribution in [0.2, 0.25) is 0 Å². The Balaban J connectivity index is 1.77. The van der Waals surface area contributed by atoms with Crippen molar-refractivity contribution in [1.29, 1.82) is 0 Å². The fourth-order valence-corrected chi connectivity index (χ4v) is 3.09. The maximum absolute atomic E-state index is 12.1. The van der Waals surface area contributed by atoms with Gasteiger partial charge in [0, 0.05) is 31.7 Å². The standard InChI is InChI=1S/C14H27N3O/c1-11-5-3-4-6-13(11)16-14(18)10-17-8-7-15-9-12(17)2/h11-13,15H,3-10H2,1-2H3,(H,16,18)/t11?,12-,13?/m1/s1. The summed E-state index contributed by atoms with van der Waals surface area (Å²) >= 11 is 0. The molecule has 2 N–H and O–H groups in total. The van der Waals surface area contributed by atoms with Gasteiger partial charge in [0.25, 0.3) is 0 Å². The molecule has 0 bridgehead atoms. The van der Waals surface area contributed by atoms with E-state index in [1.54, 1.807) is 0 Å². The van der Waals surface area contributed by atoms with Gasteiger partial charge < -0.3 is 10.6 Å². The summed E-state index contributed by atoms with van der Waals surface area (Å²) in [6.07, 6.45) is 5.00. The highest BCUT2D eigenvalue weighted by Crippen LogP contribution is 2.23. The van der Waals surface area contributed by atoms with Gasteiger partial charge in [-0.25, -0.2) is 0 Å². The van der Waals surface area contributed by atoms with Crippen molar-refractivity contribution in [2.45, 2.75) is 51.6 Å². The zero-order valence-electron chi connectivity index (χ0n) is 11.7. The molecule has 1 aliphatic heterocycles. The number of piperazine rings is 1. The molecule has 2 aliphatic rings. The summed E-state index contributed by atoms with van der Waals surface area (Å²) in [5.41, 5.74) is 0. The lowest BCUT2D eigenvalue weighted by Gasteiger charge is -2.35. The fourth-order valence-electron chi connectivity index (χ4n) is 3.09. The molecule has 3 atom stereocenters. The molecule has 2 fully saturated rings. The van der Waals surface area contributed by atoms with Gasteiger partial charge in [-0.3, -0.25) is 9.69 Å². The van der Waals surface area contributed by atoms with E-state index in [1.807, 2.05) is 0 Å². The molecule has 0 spiro atoms. The van der Waals surface area contributed by atoms with Crippen LogP contribution in [0.3, 0.4) is 0 Å². The van der Waals surface area contributed by atoms with Crippen molar-refractivity contribution < 1.29 is 4.79 Å². The Labute approximate surface area is 110 Å². The number of hydrogen-bond donors (Lipinski definition) is 2. The number of hydrogen-bond acceptors (Lipinski definition) is 3. The second-order valence-electron chi connectivity index (χ2n) is 5.96. The zero-order valence-corrected chi connectivity index (χ0v) is 11.7. The minimum absolute atomic E-state index is 0.211. The van der Waals surface area contributed by atoms with Gasteiger partial charge in [0.1, 0.15) is 0 Å². The molecule has 0 aromatic heterocycles. The van der Waals surface area contributed by atoms with E-state index in [2.05, 4.69) is 29.4 Å². The second-order valence-corrected chi connectivity index (χ2v) is 5.96. The summed E-state index contributed by atoms with van der Waals surface area (Å²) in [5.74, 6) is 0.852. The van der Waals surface area contributed by atoms with Crippen molar-refractivity contribution in [3.8, 4) is 0 Å². The van der Waals surface area contributed by atoms with E-state index in [0.29, 0.717) is 24.5 Å². The smallest absolute Gasteiger partial charge is 0.234 e. The Kier molecular flexibility index (Phi) is 5.01. The van der Waals surface area contributed by atoms with E-state index in [-0.39, 0.29) is 5.91 Å². The first-order valence-electron chi connectivity index (χ1n) is 7.41. The molecule has 1 saturated heterocycles. The Bertz CT molecular complexity index is 256. The third kappa shape index (κ3) is 3.69. The summed E-state index contributed by atoms with van der Waals surface area (Å²) in [6.45, 7) is 7.98. The van der Waals surface area contributed by atoms with Gasteiger partial charge in [0.2, 0.25) is 5.91 Å². The maximum Gasteiger partial charge on any atom is 0.234 e. The monoisotopic (exact) mass is 253 g/mol. The minimum Gasteiger partial charge on any atom is -0.352 e. The third-order valence-corrected chi connectivity index (χ3v) is 4.44. The van der Waals surface area contributed by atoms with Crippen LogP contribution in [0.1, 0.15) is 39.5 Å². The molecule has 0 radical (unpaired) electrons. The predicted octanol–water partition coefficient (Wildman–Crippen LogP) is 0.975. The summed E-state index contributed by atoms with van der Waals surface area (Å²) in [5, 5.41) is 6.59. The number of carbonyl (C=O) groups excluding carboxylic acids is 1. The van der Waals surface area contributed by atoms with Crippen LogP contribution in [-0.2, 0) is 4.79 Å². The van der Waals surface area contributed by atoms with Gasteiger partial charge in [-0.15, -0.1) is 0 Å². The Hall–Kier alpha value is -0.610. The second kappa shape index (κ2) is 6.53. The van der Waals surface area contributed by atoms with Crippen LogP contribution in [0.15, 0.2) is 0 Å². The van der Waals surface area contributed by atoms with Gasteiger partial charge in [0.05, 0.1) is 6.54 Å². The van der Waals surface area contributed by atoms with Crippen LogP contribution in [-0.4, -0.2) is 49.1 Å². The lowest BCUT2D eigenvalue weighted by atomic mass is 9.86.